The Morgan fingerprint density at radius 2 is 2.16 bits per heavy atom. The minimum absolute atomic E-state index is 0.00479. The normalized spacial score (nSPS) is 10.4. The number of nitrogen functional groups attached to an aromatic ring is 1. The zero-order chi connectivity index (χ0) is 13.8. The number of hydrogen-bond donors (Lipinski definition) is 2. The van der Waals surface area contributed by atoms with Crippen LogP contribution in [0.5, 0.6) is 0 Å². The first-order valence-electron chi connectivity index (χ1n) is 5.43. The first-order chi connectivity index (χ1) is 9.06. The number of pyridine rings is 1. The standard InChI is InChI=1S/C13H11FN2O2S/c14-8-4-5-12(10(15)6-8)19-7-9-2-1-3-11(16-9)13(17)18/h1-6H,7,15H2,(H,17,18). The summed E-state index contributed by atoms with van der Waals surface area (Å²) in [5.41, 5.74) is 6.69. The van der Waals surface area contributed by atoms with Gasteiger partial charge in [0.1, 0.15) is 11.5 Å². The zero-order valence-corrected chi connectivity index (χ0v) is 10.7. The van der Waals surface area contributed by atoms with Crippen molar-refractivity contribution in [1.29, 1.82) is 0 Å². The Hall–Kier alpha value is -2.08. The van der Waals surface area contributed by atoms with E-state index in [1.165, 1.54) is 30.0 Å². The van der Waals surface area contributed by atoms with Gasteiger partial charge in [-0.2, -0.15) is 0 Å². The minimum atomic E-state index is -1.06. The average molecular weight is 278 g/mol. The molecule has 98 valence electrons. The Bertz CT molecular complexity index is 619. The molecule has 0 spiro atoms. The van der Waals surface area contributed by atoms with E-state index in [2.05, 4.69) is 4.98 Å². The molecule has 0 aliphatic rings. The Labute approximate surface area is 113 Å². The van der Waals surface area contributed by atoms with Gasteiger partial charge in [-0.05, 0) is 30.3 Å². The topological polar surface area (TPSA) is 76.2 Å². The highest BCUT2D eigenvalue weighted by Crippen LogP contribution is 2.28. The van der Waals surface area contributed by atoms with Crippen LogP contribution >= 0.6 is 11.8 Å². The maximum Gasteiger partial charge on any atom is 0.354 e. The summed E-state index contributed by atoms with van der Waals surface area (Å²) in [6.07, 6.45) is 0. The number of thioether (sulfide) groups is 1. The molecule has 3 N–H and O–H groups in total. The van der Waals surface area contributed by atoms with Crippen LogP contribution in [0.2, 0.25) is 0 Å². The summed E-state index contributed by atoms with van der Waals surface area (Å²) in [4.78, 5) is 15.5. The number of nitrogens with zero attached hydrogens (tertiary/aromatic N) is 1. The number of carbonyl (C=O) groups is 1. The molecule has 0 aliphatic carbocycles. The van der Waals surface area contributed by atoms with Crippen LogP contribution in [0.3, 0.4) is 0 Å². The Morgan fingerprint density at radius 1 is 1.37 bits per heavy atom. The summed E-state index contributed by atoms with van der Waals surface area (Å²) < 4.78 is 12.9. The molecule has 0 amide bonds. The predicted octanol–water partition coefficient (Wildman–Crippen LogP) is 2.79. The lowest BCUT2D eigenvalue weighted by molar-refractivity contribution is 0.0690. The fraction of sp³-hybridized carbons (Fsp3) is 0.0769. The van der Waals surface area contributed by atoms with Gasteiger partial charge in [-0.3, -0.25) is 0 Å². The van der Waals surface area contributed by atoms with Crippen LogP contribution in [-0.4, -0.2) is 16.1 Å². The van der Waals surface area contributed by atoms with Crippen molar-refractivity contribution in [1.82, 2.24) is 4.98 Å². The largest absolute Gasteiger partial charge is 0.477 e. The lowest BCUT2D eigenvalue weighted by atomic mass is 10.3. The van der Waals surface area contributed by atoms with Crippen molar-refractivity contribution in [3.05, 3.63) is 53.6 Å². The maximum atomic E-state index is 12.9. The second-order valence-corrected chi connectivity index (χ2v) is 4.81. The third-order valence-electron chi connectivity index (χ3n) is 2.37. The van der Waals surface area contributed by atoms with Crippen LogP contribution in [0, 0.1) is 5.82 Å². The molecule has 0 bridgehead atoms. The van der Waals surface area contributed by atoms with E-state index < -0.39 is 5.97 Å². The first-order valence-corrected chi connectivity index (χ1v) is 6.42. The van der Waals surface area contributed by atoms with E-state index >= 15 is 0 Å². The van der Waals surface area contributed by atoms with Gasteiger partial charge in [0.15, 0.2) is 0 Å². The van der Waals surface area contributed by atoms with E-state index in [1.807, 2.05) is 0 Å². The van der Waals surface area contributed by atoms with Crippen LogP contribution in [0.4, 0.5) is 10.1 Å². The molecule has 1 heterocycles. The van der Waals surface area contributed by atoms with Crippen LogP contribution in [-0.2, 0) is 5.75 Å². The number of aromatic nitrogens is 1. The van der Waals surface area contributed by atoms with E-state index in [0.29, 0.717) is 17.1 Å². The van der Waals surface area contributed by atoms with Crippen molar-refractivity contribution < 1.29 is 14.3 Å². The van der Waals surface area contributed by atoms with Gasteiger partial charge < -0.3 is 10.8 Å². The van der Waals surface area contributed by atoms with Crippen LogP contribution < -0.4 is 5.73 Å². The van der Waals surface area contributed by atoms with E-state index in [4.69, 9.17) is 10.8 Å². The predicted molar refractivity (Wildman–Crippen MR) is 71.6 cm³/mol. The van der Waals surface area contributed by atoms with Crippen LogP contribution in [0.1, 0.15) is 16.2 Å². The van der Waals surface area contributed by atoms with Gasteiger partial charge in [-0.25, -0.2) is 14.2 Å². The van der Waals surface area contributed by atoms with Crippen molar-refractivity contribution >= 4 is 23.4 Å². The number of benzene rings is 1. The molecule has 19 heavy (non-hydrogen) atoms. The fourth-order valence-corrected chi connectivity index (χ4v) is 2.34. The lowest BCUT2D eigenvalue weighted by Gasteiger charge is -2.05. The molecule has 0 unspecified atom stereocenters. The number of carboxylic acids is 1. The molecular weight excluding hydrogens is 267 g/mol. The number of halogens is 1. The molecule has 0 atom stereocenters. The highest BCUT2D eigenvalue weighted by molar-refractivity contribution is 7.98. The lowest BCUT2D eigenvalue weighted by Crippen LogP contribution is -2.01. The van der Waals surface area contributed by atoms with Crippen LogP contribution in [0.25, 0.3) is 0 Å². The van der Waals surface area contributed by atoms with E-state index in [0.717, 1.165) is 4.90 Å². The summed E-state index contributed by atoms with van der Waals surface area (Å²) in [6.45, 7) is 0. The average Bonchev–Trinajstić information content (AvgIpc) is 2.38. The molecule has 0 aliphatic heterocycles. The van der Waals surface area contributed by atoms with Gasteiger partial charge in [0.25, 0.3) is 0 Å². The third-order valence-corrected chi connectivity index (χ3v) is 3.50. The molecule has 0 saturated carbocycles. The first kappa shape index (κ1) is 13.4. The molecule has 0 fully saturated rings. The molecule has 0 radical (unpaired) electrons. The zero-order valence-electron chi connectivity index (χ0n) is 9.84. The number of nitrogens with two attached hydrogens (primary N) is 1. The highest BCUT2D eigenvalue weighted by Gasteiger charge is 2.07. The summed E-state index contributed by atoms with van der Waals surface area (Å²) in [6, 6.07) is 8.99. The third kappa shape index (κ3) is 3.45. The molecule has 1 aromatic carbocycles. The summed E-state index contributed by atoms with van der Waals surface area (Å²) >= 11 is 1.38. The van der Waals surface area contributed by atoms with Gasteiger partial charge in [-0.15, -0.1) is 11.8 Å². The van der Waals surface area contributed by atoms with Crippen molar-refractivity contribution in [3.8, 4) is 0 Å². The van der Waals surface area contributed by atoms with Gasteiger partial charge >= 0.3 is 5.97 Å². The minimum Gasteiger partial charge on any atom is -0.477 e. The van der Waals surface area contributed by atoms with E-state index in [-0.39, 0.29) is 11.5 Å². The molecule has 2 rings (SSSR count). The van der Waals surface area contributed by atoms with Gasteiger partial charge in [0.05, 0.1) is 5.69 Å². The SMILES string of the molecule is Nc1cc(F)ccc1SCc1cccc(C(=O)O)n1. The van der Waals surface area contributed by atoms with Crippen LogP contribution in [0.15, 0.2) is 41.3 Å². The highest BCUT2D eigenvalue weighted by atomic mass is 32.2. The number of aromatic carboxylic acids is 1. The molecule has 4 nitrogen and oxygen atoms in total. The Kier molecular flexibility index (Phi) is 4.01. The fourth-order valence-electron chi connectivity index (χ4n) is 1.48. The number of hydrogen-bond acceptors (Lipinski definition) is 4. The van der Waals surface area contributed by atoms with Gasteiger partial charge in [0.2, 0.25) is 0 Å². The summed E-state index contributed by atoms with van der Waals surface area (Å²) in [5.74, 6) is -0.974. The molecule has 1 aromatic heterocycles. The van der Waals surface area contributed by atoms with E-state index in [1.54, 1.807) is 18.2 Å². The molecule has 2 aromatic rings. The smallest absolute Gasteiger partial charge is 0.354 e. The number of carboxylic acid groups (broad SMARTS) is 1. The summed E-state index contributed by atoms with van der Waals surface area (Å²) in [5, 5.41) is 8.84. The maximum absolute atomic E-state index is 12.9. The van der Waals surface area contributed by atoms with Crippen molar-refractivity contribution in [2.45, 2.75) is 10.6 Å². The Balaban J connectivity index is 2.10. The molecule has 6 heteroatoms. The van der Waals surface area contributed by atoms with Crippen molar-refractivity contribution in [3.63, 3.8) is 0 Å². The summed E-state index contributed by atoms with van der Waals surface area (Å²) in [7, 11) is 0. The van der Waals surface area contributed by atoms with Gasteiger partial charge in [-0.1, -0.05) is 6.07 Å². The number of rotatable bonds is 4. The second-order valence-electron chi connectivity index (χ2n) is 3.79. The second kappa shape index (κ2) is 5.71. The van der Waals surface area contributed by atoms with Crippen molar-refractivity contribution in [2.75, 3.05) is 5.73 Å². The van der Waals surface area contributed by atoms with Gasteiger partial charge in [0, 0.05) is 16.3 Å². The molecule has 0 saturated heterocycles. The molecular formula is C13H11FN2O2S. The Morgan fingerprint density at radius 3 is 2.84 bits per heavy atom. The monoisotopic (exact) mass is 278 g/mol. The van der Waals surface area contributed by atoms with E-state index in [9.17, 15) is 9.18 Å². The number of anilines is 1. The quantitative estimate of drug-likeness (QED) is 0.664. The van der Waals surface area contributed by atoms with Crippen molar-refractivity contribution in [2.24, 2.45) is 0 Å².